The lowest BCUT2D eigenvalue weighted by Gasteiger charge is -1.99. The Hall–Kier alpha value is -2.31. The first-order valence-electron chi connectivity index (χ1n) is 4.29. The Labute approximate surface area is 85.1 Å². The molecular formula is C8H10N6O. The standard InChI is InChI=1S/C8H10N6O/c1-4-6(9)7(14-13-4)8(15)12-5-2-10-11-3-5/h2-3H,9H2,1H3,(H,10,11)(H,12,15)(H,13,14). The van der Waals surface area contributed by atoms with Gasteiger partial charge in [-0.25, -0.2) is 0 Å². The number of amides is 1. The molecule has 7 nitrogen and oxygen atoms in total. The van der Waals surface area contributed by atoms with Crippen LogP contribution in [0, 0.1) is 6.92 Å². The molecule has 15 heavy (non-hydrogen) atoms. The molecule has 78 valence electrons. The van der Waals surface area contributed by atoms with Crippen LogP contribution in [0.5, 0.6) is 0 Å². The lowest BCUT2D eigenvalue weighted by Crippen LogP contribution is -2.13. The van der Waals surface area contributed by atoms with Gasteiger partial charge in [-0.15, -0.1) is 0 Å². The maximum atomic E-state index is 11.6. The zero-order chi connectivity index (χ0) is 10.8. The summed E-state index contributed by atoms with van der Waals surface area (Å²) in [6.07, 6.45) is 3.06. The monoisotopic (exact) mass is 206 g/mol. The van der Waals surface area contributed by atoms with E-state index in [1.807, 2.05) is 0 Å². The SMILES string of the molecule is Cc1[nH]nc(C(=O)Nc2cn[nH]c2)c1N. The summed E-state index contributed by atoms with van der Waals surface area (Å²) in [6.45, 7) is 1.75. The van der Waals surface area contributed by atoms with Crippen molar-refractivity contribution in [2.75, 3.05) is 11.1 Å². The summed E-state index contributed by atoms with van der Waals surface area (Å²) < 4.78 is 0. The van der Waals surface area contributed by atoms with Crippen LogP contribution < -0.4 is 11.1 Å². The van der Waals surface area contributed by atoms with E-state index in [9.17, 15) is 4.79 Å². The molecule has 1 amide bonds. The second kappa shape index (κ2) is 3.45. The first-order valence-corrected chi connectivity index (χ1v) is 4.29. The quantitative estimate of drug-likeness (QED) is 0.565. The van der Waals surface area contributed by atoms with Gasteiger partial charge in [0, 0.05) is 6.20 Å². The fraction of sp³-hybridized carbons (Fsp3) is 0.125. The fourth-order valence-electron chi connectivity index (χ4n) is 1.12. The van der Waals surface area contributed by atoms with E-state index in [0.717, 1.165) is 0 Å². The molecule has 0 saturated heterocycles. The van der Waals surface area contributed by atoms with Gasteiger partial charge in [0.05, 0.1) is 23.3 Å². The number of nitrogens with one attached hydrogen (secondary N) is 3. The van der Waals surface area contributed by atoms with Crippen molar-refractivity contribution in [1.29, 1.82) is 0 Å². The number of anilines is 2. The van der Waals surface area contributed by atoms with E-state index in [4.69, 9.17) is 5.73 Å². The molecule has 0 aromatic carbocycles. The summed E-state index contributed by atoms with van der Waals surface area (Å²) in [5.74, 6) is -0.363. The van der Waals surface area contributed by atoms with Crippen molar-refractivity contribution in [2.24, 2.45) is 0 Å². The lowest BCUT2D eigenvalue weighted by molar-refractivity contribution is 0.102. The summed E-state index contributed by atoms with van der Waals surface area (Å²) in [4.78, 5) is 11.6. The largest absolute Gasteiger partial charge is 0.395 e. The van der Waals surface area contributed by atoms with Crippen molar-refractivity contribution in [3.05, 3.63) is 23.8 Å². The maximum absolute atomic E-state index is 11.6. The smallest absolute Gasteiger partial charge is 0.278 e. The number of aromatic nitrogens is 4. The van der Waals surface area contributed by atoms with Crippen molar-refractivity contribution >= 4 is 17.3 Å². The third kappa shape index (κ3) is 1.66. The number of aryl methyl sites for hydroxylation is 1. The van der Waals surface area contributed by atoms with Crippen LogP contribution in [0.4, 0.5) is 11.4 Å². The topological polar surface area (TPSA) is 112 Å². The molecule has 0 radical (unpaired) electrons. The van der Waals surface area contributed by atoms with Crippen LogP contribution in [0.25, 0.3) is 0 Å². The third-order valence-electron chi connectivity index (χ3n) is 1.97. The zero-order valence-corrected chi connectivity index (χ0v) is 8.03. The number of H-pyrrole nitrogens is 2. The van der Waals surface area contributed by atoms with Gasteiger partial charge in [-0.3, -0.25) is 15.0 Å². The normalized spacial score (nSPS) is 10.2. The average Bonchev–Trinajstić information content (AvgIpc) is 2.79. The molecule has 2 aromatic heterocycles. The molecule has 0 unspecified atom stereocenters. The van der Waals surface area contributed by atoms with Crippen molar-refractivity contribution < 1.29 is 4.79 Å². The number of rotatable bonds is 2. The second-order valence-corrected chi connectivity index (χ2v) is 3.05. The molecular weight excluding hydrogens is 196 g/mol. The molecule has 0 aliphatic rings. The van der Waals surface area contributed by atoms with Crippen LogP contribution in [0.3, 0.4) is 0 Å². The highest BCUT2D eigenvalue weighted by Crippen LogP contribution is 2.14. The predicted octanol–water partition coefficient (Wildman–Crippen LogP) is 0.276. The van der Waals surface area contributed by atoms with E-state index in [-0.39, 0.29) is 11.6 Å². The number of carbonyl (C=O) groups excluding carboxylic acids is 1. The fourth-order valence-corrected chi connectivity index (χ4v) is 1.12. The Morgan fingerprint density at radius 2 is 2.40 bits per heavy atom. The third-order valence-corrected chi connectivity index (χ3v) is 1.97. The van der Waals surface area contributed by atoms with Crippen LogP contribution in [-0.4, -0.2) is 26.3 Å². The average molecular weight is 206 g/mol. The van der Waals surface area contributed by atoms with Gasteiger partial charge in [0.25, 0.3) is 5.91 Å². The molecule has 5 N–H and O–H groups in total. The van der Waals surface area contributed by atoms with E-state index >= 15 is 0 Å². The summed E-state index contributed by atoms with van der Waals surface area (Å²) >= 11 is 0. The predicted molar refractivity (Wildman–Crippen MR) is 54.3 cm³/mol. The minimum Gasteiger partial charge on any atom is -0.395 e. The minimum atomic E-state index is -0.363. The van der Waals surface area contributed by atoms with Gasteiger partial charge in [0.15, 0.2) is 5.69 Å². The van der Waals surface area contributed by atoms with Gasteiger partial charge in [-0.05, 0) is 6.92 Å². The molecule has 0 atom stereocenters. The van der Waals surface area contributed by atoms with Gasteiger partial charge in [-0.1, -0.05) is 0 Å². The Balaban J connectivity index is 2.19. The molecule has 0 aliphatic heterocycles. The Kier molecular flexibility index (Phi) is 2.13. The molecule has 0 fully saturated rings. The highest BCUT2D eigenvalue weighted by Gasteiger charge is 2.15. The number of carbonyl (C=O) groups is 1. The van der Waals surface area contributed by atoms with E-state index in [1.165, 1.54) is 6.20 Å². The number of hydrogen-bond donors (Lipinski definition) is 4. The molecule has 7 heteroatoms. The van der Waals surface area contributed by atoms with E-state index in [2.05, 4.69) is 25.7 Å². The molecule has 0 bridgehead atoms. The van der Waals surface area contributed by atoms with Crippen molar-refractivity contribution in [2.45, 2.75) is 6.92 Å². The number of hydrogen-bond acceptors (Lipinski definition) is 4. The highest BCUT2D eigenvalue weighted by molar-refractivity contribution is 6.06. The minimum absolute atomic E-state index is 0.189. The Morgan fingerprint density at radius 1 is 1.60 bits per heavy atom. The molecule has 0 aliphatic carbocycles. The summed E-state index contributed by atoms with van der Waals surface area (Å²) in [5.41, 5.74) is 7.44. The number of nitrogen functional groups attached to an aromatic ring is 1. The van der Waals surface area contributed by atoms with Crippen LogP contribution in [0.1, 0.15) is 16.2 Å². The molecule has 2 rings (SSSR count). The zero-order valence-electron chi connectivity index (χ0n) is 8.03. The van der Waals surface area contributed by atoms with Crippen LogP contribution >= 0.6 is 0 Å². The second-order valence-electron chi connectivity index (χ2n) is 3.05. The van der Waals surface area contributed by atoms with E-state index in [0.29, 0.717) is 17.1 Å². The van der Waals surface area contributed by atoms with Crippen molar-refractivity contribution in [1.82, 2.24) is 20.4 Å². The van der Waals surface area contributed by atoms with Crippen molar-refractivity contribution in [3.8, 4) is 0 Å². The summed E-state index contributed by atoms with van der Waals surface area (Å²) in [7, 11) is 0. The van der Waals surface area contributed by atoms with Gasteiger partial charge in [-0.2, -0.15) is 10.2 Å². The first kappa shape index (κ1) is 9.25. The highest BCUT2D eigenvalue weighted by atomic mass is 16.2. The number of nitrogens with zero attached hydrogens (tertiary/aromatic N) is 2. The van der Waals surface area contributed by atoms with Crippen LogP contribution in [0.2, 0.25) is 0 Å². The number of nitrogens with two attached hydrogens (primary N) is 1. The lowest BCUT2D eigenvalue weighted by atomic mass is 10.3. The van der Waals surface area contributed by atoms with Crippen molar-refractivity contribution in [3.63, 3.8) is 0 Å². The van der Waals surface area contributed by atoms with Gasteiger partial charge in [0.2, 0.25) is 0 Å². The van der Waals surface area contributed by atoms with Crippen LogP contribution in [0.15, 0.2) is 12.4 Å². The van der Waals surface area contributed by atoms with Gasteiger partial charge in [0.1, 0.15) is 0 Å². The number of aromatic amines is 2. The molecule has 2 heterocycles. The summed E-state index contributed by atoms with van der Waals surface area (Å²) in [6, 6.07) is 0. The summed E-state index contributed by atoms with van der Waals surface area (Å²) in [5, 5.41) is 15.3. The maximum Gasteiger partial charge on any atom is 0.278 e. The molecule has 2 aromatic rings. The molecule has 0 spiro atoms. The Bertz CT molecular complexity index is 471. The first-order chi connectivity index (χ1) is 7.18. The molecule has 0 saturated carbocycles. The van der Waals surface area contributed by atoms with Gasteiger partial charge < -0.3 is 11.1 Å². The van der Waals surface area contributed by atoms with E-state index in [1.54, 1.807) is 13.1 Å². The van der Waals surface area contributed by atoms with E-state index < -0.39 is 0 Å². The van der Waals surface area contributed by atoms with Crippen LogP contribution in [-0.2, 0) is 0 Å². The Morgan fingerprint density at radius 3 is 2.93 bits per heavy atom. The van der Waals surface area contributed by atoms with Gasteiger partial charge >= 0.3 is 0 Å².